The van der Waals surface area contributed by atoms with Gasteiger partial charge in [0.1, 0.15) is 5.78 Å². The van der Waals surface area contributed by atoms with E-state index in [1.165, 1.54) is 28.8 Å². The second-order valence-electron chi connectivity index (χ2n) is 30.3. The van der Waals surface area contributed by atoms with E-state index in [4.69, 9.17) is 103 Å². The van der Waals surface area contributed by atoms with Crippen LogP contribution in [-0.4, -0.2) is 315 Å². The lowest BCUT2D eigenvalue weighted by atomic mass is 10.0. The van der Waals surface area contributed by atoms with Crippen LogP contribution in [0.3, 0.4) is 0 Å². The Balaban J connectivity index is -0.000000694. The number of likely N-dealkylation sites (N-methyl/N-ethyl adjacent to an activating group) is 4. The van der Waals surface area contributed by atoms with Gasteiger partial charge < -0.3 is 114 Å². The Hall–Kier alpha value is -11.0. The molecule has 6 heterocycles. The summed E-state index contributed by atoms with van der Waals surface area (Å²) in [5.74, 6) is 0.465. The summed E-state index contributed by atoms with van der Waals surface area (Å²) in [6.45, 7) is 38.2. The van der Waals surface area contributed by atoms with Crippen molar-refractivity contribution in [3.63, 3.8) is 0 Å². The summed E-state index contributed by atoms with van der Waals surface area (Å²) >= 11 is 44.4. The highest BCUT2D eigenvalue weighted by Gasteiger charge is 2.21. The minimum atomic E-state index is -0.514. The van der Waals surface area contributed by atoms with E-state index in [1.54, 1.807) is 58.2 Å². The second-order valence-corrected chi connectivity index (χ2v) is 34.3. The topological polar surface area (TPSA) is 316 Å². The number of carbonyl (C=O) groups is 6. The summed E-state index contributed by atoms with van der Waals surface area (Å²) in [4.78, 5) is 84.0. The van der Waals surface area contributed by atoms with Crippen LogP contribution in [0.25, 0.3) is 0 Å². The Bertz CT molecular complexity index is 3860. The Labute approximate surface area is 863 Å². The van der Waals surface area contributed by atoms with Gasteiger partial charge in [0.25, 0.3) is 0 Å². The van der Waals surface area contributed by atoms with Gasteiger partial charge in [-0.2, -0.15) is 0 Å². The standard InChI is InChI=1S/C15H14O.C15H14S.C9H12N2S.C7H12N2O.C7H12N2S.2C5H10N2O.2C5H10N2S.C5H12N2S.C5H10S.C4H8N2O.C4H8N2S.C4H7NO.C4H7NS/c2*16-15(11-13-7-3-1-4-8-13)12-14-9-5-2-6-10-14;1-11(2)9(12)10-8-6-4-3-5-7-8;2*1-3-5-8-7(10)9-6-4-2;1-6-3-4-7(2)5(6)8;1-7-4-2-3-6-5(7)8;1-6-3-4-7(2)5(6)8;1-7-4-2-3-6-5(7)8;1-6(2)5(8)7(3)4;1-3-5(6)4-2;2*1-2-3-6-4(5)7;2*6-4-2-1-3-5-4/h2*1-10H,11-12H2;3-7H,1-2H3,(H,10,12);2*3-4H,1-2,5-6H2,(H2,8,9,10);3-4H2,1-2H3;2-4H2,1H3,(H,6,8);3-4H2,1-2H3;2-4H2,1H3,(H,6,8);1-4H3;3-4H2,1-2H3;2*2H,1,3H2,(H3,5,6,7);2*1-3H2,(H,5,6). The van der Waals surface area contributed by atoms with Crippen molar-refractivity contribution in [3.05, 3.63) is 250 Å². The fourth-order valence-corrected chi connectivity index (χ4v) is 11.5. The number of para-hydroxylation sites is 1. The van der Waals surface area contributed by atoms with Crippen molar-refractivity contribution in [1.82, 2.24) is 97.3 Å². The fourth-order valence-electron chi connectivity index (χ4n) is 10.1. The predicted molar refractivity (Wildman–Crippen MR) is 610 cm³/mol. The number of primary amides is 1. The number of hydrogen-bond donors (Lipinski definition) is 13. The lowest BCUT2D eigenvalue weighted by Crippen LogP contribution is -2.43. The molecule has 0 aromatic heterocycles. The minimum absolute atomic E-state index is 0.0521. The third kappa shape index (κ3) is 80.3. The molecule has 11 rings (SSSR count). The molecule has 0 atom stereocenters. The second kappa shape index (κ2) is 88.0. The molecule has 752 valence electrons. The van der Waals surface area contributed by atoms with E-state index < -0.39 is 6.03 Å². The first kappa shape index (κ1) is 131. The molecule has 0 spiro atoms. The molecule has 5 aromatic carbocycles. The quantitative estimate of drug-likeness (QED) is 0.0213. The van der Waals surface area contributed by atoms with Crippen LogP contribution < -0.4 is 70.0 Å². The van der Waals surface area contributed by atoms with E-state index in [2.05, 4.69) is 193 Å². The van der Waals surface area contributed by atoms with E-state index in [1.807, 2.05) is 195 Å². The number of benzene rings is 5. The van der Waals surface area contributed by atoms with Gasteiger partial charge in [0.05, 0.1) is 4.99 Å². The molecule has 28 nitrogen and oxygen atoms in total. The van der Waals surface area contributed by atoms with E-state index in [9.17, 15) is 28.8 Å². The first-order chi connectivity index (χ1) is 64.7. The molecule has 0 saturated carbocycles. The summed E-state index contributed by atoms with van der Waals surface area (Å²) < 4.78 is 0. The normalized spacial score (nSPS) is 12.7. The molecule has 0 radical (unpaired) electrons. The van der Waals surface area contributed by atoms with Gasteiger partial charge in [-0.25, -0.2) is 19.2 Å². The first-order valence-corrected chi connectivity index (χ1v) is 48.2. The first-order valence-electron chi connectivity index (χ1n) is 44.6. The van der Waals surface area contributed by atoms with Crippen molar-refractivity contribution >= 4 is 197 Å². The molecule has 6 aliphatic heterocycles. The zero-order valence-electron chi connectivity index (χ0n) is 82.7. The smallest absolute Gasteiger partial charge is 0.319 e. The van der Waals surface area contributed by atoms with Gasteiger partial charge in [0.2, 0.25) is 5.91 Å². The maximum atomic E-state index is 11.8. The van der Waals surface area contributed by atoms with Gasteiger partial charge >= 0.3 is 24.1 Å². The lowest BCUT2D eigenvalue weighted by molar-refractivity contribution is -0.119. The van der Waals surface area contributed by atoms with E-state index >= 15 is 0 Å². The van der Waals surface area contributed by atoms with Gasteiger partial charge in [0, 0.05) is 232 Å². The van der Waals surface area contributed by atoms with Crippen LogP contribution >= 0.6 is 110 Å². The predicted octanol–water partition coefficient (Wildman–Crippen LogP) is 13.7. The highest BCUT2D eigenvalue weighted by molar-refractivity contribution is 7.81. The van der Waals surface area contributed by atoms with Crippen molar-refractivity contribution in [2.24, 2.45) is 11.5 Å². The summed E-state index contributed by atoms with van der Waals surface area (Å²) in [7, 11) is 23.0. The number of ketones is 1. The number of amides is 9. The average molecular weight is 2040 g/mol. The molecule has 9 amide bonds. The number of Topliss-reactive ketones (excluding diaryl/α,β-unsaturated/α-hetero) is 1. The number of hydrogen-bond acceptors (Lipinski definition) is 15. The molecule has 0 unspecified atom stereocenters. The summed E-state index contributed by atoms with van der Waals surface area (Å²) in [5, 5.41) is 35.0. The highest BCUT2D eigenvalue weighted by Crippen LogP contribution is 2.10. The molecule has 136 heavy (non-hydrogen) atoms. The lowest BCUT2D eigenvalue weighted by Gasteiger charge is -2.25. The van der Waals surface area contributed by atoms with Crippen molar-refractivity contribution in [1.29, 1.82) is 0 Å². The monoisotopic (exact) mass is 2040 g/mol. The number of urea groups is 4. The maximum absolute atomic E-state index is 11.8. The van der Waals surface area contributed by atoms with E-state index in [-0.39, 0.29) is 29.8 Å². The molecule has 6 saturated heterocycles. The Kier molecular flexibility index (Phi) is 84.9. The van der Waals surface area contributed by atoms with Crippen molar-refractivity contribution in [3.8, 4) is 0 Å². The van der Waals surface area contributed by atoms with Gasteiger partial charge in [-0.15, -0.1) is 39.5 Å². The zero-order chi connectivity index (χ0) is 103. The number of anilines is 1. The molecule has 15 N–H and O–H groups in total. The largest absolute Gasteiger partial charge is 0.380 e. The molecule has 6 aliphatic rings. The van der Waals surface area contributed by atoms with Crippen LogP contribution in [0.15, 0.2) is 228 Å². The third-order valence-corrected chi connectivity index (χ3v) is 21.6. The Morgan fingerprint density at radius 2 is 0.757 bits per heavy atom. The van der Waals surface area contributed by atoms with Crippen LogP contribution in [-0.2, 0) is 35.3 Å². The number of nitrogens with one attached hydrogen (secondary N) is 11. The van der Waals surface area contributed by atoms with Crippen LogP contribution in [0, 0.1) is 0 Å². The van der Waals surface area contributed by atoms with Crippen LogP contribution in [0.5, 0.6) is 0 Å². The van der Waals surface area contributed by atoms with Crippen LogP contribution in [0.4, 0.5) is 24.9 Å². The Morgan fingerprint density at radius 3 is 0.985 bits per heavy atom. The van der Waals surface area contributed by atoms with E-state index in [0.717, 1.165) is 164 Å². The molecule has 0 aliphatic carbocycles. The molecular formula is C99H156N22O6S9. The number of nitrogens with two attached hydrogens (primary N) is 2. The number of nitrogens with zero attached hydrogens (tertiary/aromatic N) is 9. The maximum Gasteiger partial charge on any atom is 0.319 e. The number of rotatable bonds is 23. The molecule has 6 fully saturated rings. The number of carbonyl (C=O) groups excluding carboxylic acids is 6. The SMILES string of the molecule is C=CCNC(=O)NCC=C.C=CCNC(=S)NCC=C.C=CCNC(N)=O.C=CCNC(N)=S.CCC(=S)CC.CN(C)C(=S)N(C)C.CN(C)C(=S)Nc1ccccc1.CN1CCCNC1=O.CN1CCCNC1=S.CN1CCN(C)C1=O.CN1CCN(C)C1=S.O=C(Cc1ccccc1)Cc1ccccc1.O=C1CCCN1.S=C(Cc1ccccc1)Cc1ccccc1.S=C1CCCN1. The van der Waals surface area contributed by atoms with Gasteiger partial charge in [0.15, 0.2) is 30.7 Å². The van der Waals surface area contributed by atoms with Gasteiger partial charge in [-0.3, -0.25) is 9.59 Å². The summed E-state index contributed by atoms with van der Waals surface area (Å²) in [6, 6.07) is 49.9. The highest BCUT2D eigenvalue weighted by atomic mass is 32.1. The van der Waals surface area contributed by atoms with Crippen LogP contribution in [0.2, 0.25) is 0 Å². The molecule has 5 aromatic rings. The van der Waals surface area contributed by atoms with Gasteiger partial charge in [-0.05, 0) is 158 Å². The molecule has 37 heteroatoms. The average Bonchev–Trinajstić information content (AvgIpc) is 1.76. The Morgan fingerprint density at radius 1 is 0.404 bits per heavy atom. The summed E-state index contributed by atoms with van der Waals surface area (Å²) in [6.07, 6.45) is 21.3. The van der Waals surface area contributed by atoms with Crippen molar-refractivity contribution < 1.29 is 28.8 Å². The minimum Gasteiger partial charge on any atom is -0.380 e. The van der Waals surface area contributed by atoms with Gasteiger partial charge in [-0.1, -0.05) is 226 Å². The fraction of sp³-hybridized carbons (Fsp3) is 0.424. The van der Waals surface area contributed by atoms with Crippen molar-refractivity contribution in [2.45, 2.75) is 90.9 Å². The zero-order valence-corrected chi connectivity index (χ0v) is 90.1. The number of thiocarbonyl (C=S) groups is 9. The molecular weight excluding hydrogens is 1880 g/mol. The summed E-state index contributed by atoms with van der Waals surface area (Å²) in [5.41, 5.74) is 15.5. The van der Waals surface area contributed by atoms with Crippen LogP contribution in [0.1, 0.15) is 87.5 Å². The van der Waals surface area contributed by atoms with Crippen molar-refractivity contribution in [2.75, 3.05) is 195 Å². The molecule has 0 bridgehead atoms. The van der Waals surface area contributed by atoms with E-state index in [0.29, 0.717) is 62.3 Å². The third-order valence-electron chi connectivity index (χ3n) is 17.7.